The van der Waals surface area contributed by atoms with Crippen LogP contribution in [0.4, 0.5) is 0 Å². The second-order valence-corrected chi connectivity index (χ2v) is 7.56. The van der Waals surface area contributed by atoms with Crippen LogP contribution in [0.1, 0.15) is 39.8 Å². The van der Waals surface area contributed by atoms with Gasteiger partial charge in [-0.25, -0.2) is 0 Å². The minimum atomic E-state index is 0.437. The predicted octanol–water partition coefficient (Wildman–Crippen LogP) is 4.89. The highest BCUT2D eigenvalue weighted by atomic mass is 79.9. The van der Waals surface area contributed by atoms with Crippen LogP contribution < -0.4 is 5.32 Å². The number of halogens is 1. The van der Waals surface area contributed by atoms with E-state index in [1.165, 1.54) is 36.1 Å². The zero-order valence-corrected chi connectivity index (χ0v) is 14.2. The molecule has 0 saturated carbocycles. The normalized spacial score (nSPS) is 15.9. The summed E-state index contributed by atoms with van der Waals surface area (Å²) in [6.45, 7) is 0. The van der Waals surface area contributed by atoms with Crippen LogP contribution in [-0.4, -0.2) is 7.05 Å². The third kappa shape index (κ3) is 3.16. The van der Waals surface area contributed by atoms with E-state index >= 15 is 0 Å². The largest absolute Gasteiger partial charge is 0.312 e. The molecule has 1 aromatic heterocycles. The summed E-state index contributed by atoms with van der Waals surface area (Å²) in [5.74, 6) is 0. The van der Waals surface area contributed by atoms with Gasteiger partial charge in [-0.2, -0.15) is 0 Å². The van der Waals surface area contributed by atoms with Crippen LogP contribution in [-0.2, 0) is 19.3 Å². The molecule has 0 spiro atoms. The molecular formula is C17H20BrNS. The monoisotopic (exact) mass is 349 g/mol. The topological polar surface area (TPSA) is 12.0 Å². The number of nitrogens with one attached hydrogen (secondary N) is 1. The molecule has 0 saturated heterocycles. The molecule has 0 radical (unpaired) electrons. The third-order valence-electron chi connectivity index (χ3n) is 4.06. The molecule has 20 heavy (non-hydrogen) atoms. The summed E-state index contributed by atoms with van der Waals surface area (Å²) in [6, 6.07) is 11.6. The maximum Gasteiger partial charge on any atom is 0.0453 e. The first-order valence-corrected chi connectivity index (χ1v) is 8.90. The molecule has 0 amide bonds. The van der Waals surface area contributed by atoms with Crippen LogP contribution >= 0.6 is 27.3 Å². The van der Waals surface area contributed by atoms with Gasteiger partial charge >= 0.3 is 0 Å². The standard InChI is InChI=1S/C17H20BrNS/c1-19-15(10-12-6-8-14(18)9-7-12)17-11-13-4-2-3-5-16(13)20-17/h6-9,11,15,19H,2-5,10H2,1H3. The fourth-order valence-electron chi connectivity index (χ4n) is 2.89. The number of rotatable bonds is 4. The van der Waals surface area contributed by atoms with Crippen LogP contribution in [0.15, 0.2) is 34.8 Å². The number of hydrogen-bond donors (Lipinski definition) is 1. The molecule has 1 unspecified atom stereocenters. The Balaban J connectivity index is 1.79. The highest BCUT2D eigenvalue weighted by Crippen LogP contribution is 2.34. The average molecular weight is 350 g/mol. The molecule has 0 aliphatic heterocycles. The van der Waals surface area contributed by atoms with Crippen molar-refractivity contribution >= 4 is 27.3 Å². The lowest BCUT2D eigenvalue weighted by Gasteiger charge is -2.14. The molecule has 1 aromatic carbocycles. The van der Waals surface area contributed by atoms with E-state index in [9.17, 15) is 0 Å². The van der Waals surface area contributed by atoms with E-state index in [-0.39, 0.29) is 0 Å². The van der Waals surface area contributed by atoms with Gasteiger partial charge in [0.2, 0.25) is 0 Å². The highest BCUT2D eigenvalue weighted by molar-refractivity contribution is 9.10. The number of hydrogen-bond acceptors (Lipinski definition) is 2. The van der Waals surface area contributed by atoms with Crippen molar-refractivity contribution in [2.45, 2.75) is 38.1 Å². The van der Waals surface area contributed by atoms with Crippen molar-refractivity contribution in [2.24, 2.45) is 0 Å². The molecule has 2 aromatic rings. The van der Waals surface area contributed by atoms with Crippen molar-refractivity contribution in [1.82, 2.24) is 5.32 Å². The molecule has 3 heteroatoms. The van der Waals surface area contributed by atoms with Gasteiger partial charge in [-0.15, -0.1) is 11.3 Å². The zero-order chi connectivity index (χ0) is 13.9. The van der Waals surface area contributed by atoms with E-state index in [0.717, 1.165) is 10.9 Å². The van der Waals surface area contributed by atoms with Crippen molar-refractivity contribution in [3.8, 4) is 0 Å². The van der Waals surface area contributed by atoms with E-state index in [4.69, 9.17) is 0 Å². The Morgan fingerprint density at radius 1 is 1.20 bits per heavy atom. The summed E-state index contributed by atoms with van der Waals surface area (Å²) in [4.78, 5) is 3.13. The summed E-state index contributed by atoms with van der Waals surface area (Å²) in [7, 11) is 2.07. The summed E-state index contributed by atoms with van der Waals surface area (Å²) in [5, 5.41) is 3.49. The van der Waals surface area contributed by atoms with Gasteiger partial charge in [-0.1, -0.05) is 28.1 Å². The van der Waals surface area contributed by atoms with E-state index in [2.05, 4.69) is 58.6 Å². The molecular weight excluding hydrogens is 330 g/mol. The quantitative estimate of drug-likeness (QED) is 0.828. The summed E-state index contributed by atoms with van der Waals surface area (Å²) in [5.41, 5.74) is 2.99. The first-order valence-electron chi connectivity index (χ1n) is 7.29. The van der Waals surface area contributed by atoms with E-state index in [1.807, 2.05) is 11.3 Å². The molecule has 0 fully saturated rings. The molecule has 1 aliphatic rings. The van der Waals surface area contributed by atoms with E-state index < -0.39 is 0 Å². The zero-order valence-electron chi connectivity index (χ0n) is 11.8. The Labute approximate surface area is 133 Å². The first kappa shape index (κ1) is 14.3. The van der Waals surface area contributed by atoms with Crippen LogP contribution in [0.3, 0.4) is 0 Å². The Morgan fingerprint density at radius 3 is 2.65 bits per heavy atom. The molecule has 3 rings (SSSR count). The van der Waals surface area contributed by atoms with Crippen molar-refractivity contribution < 1.29 is 0 Å². The van der Waals surface area contributed by atoms with Crippen molar-refractivity contribution in [3.05, 3.63) is 55.7 Å². The van der Waals surface area contributed by atoms with Gasteiger partial charge in [0.05, 0.1) is 0 Å². The number of likely N-dealkylation sites (N-methyl/N-ethyl adjacent to an activating group) is 1. The Bertz CT molecular complexity index is 550. The smallest absolute Gasteiger partial charge is 0.0453 e. The molecule has 0 bridgehead atoms. The Kier molecular flexibility index (Phi) is 4.59. The summed E-state index contributed by atoms with van der Waals surface area (Å²) < 4.78 is 1.15. The molecule has 1 N–H and O–H groups in total. The molecule has 1 atom stereocenters. The van der Waals surface area contributed by atoms with E-state index in [1.54, 1.807) is 10.4 Å². The van der Waals surface area contributed by atoms with Crippen LogP contribution in [0.2, 0.25) is 0 Å². The van der Waals surface area contributed by atoms with Crippen LogP contribution in [0.5, 0.6) is 0 Å². The molecule has 1 aliphatic carbocycles. The van der Waals surface area contributed by atoms with Gasteiger partial charge in [0.15, 0.2) is 0 Å². The maximum atomic E-state index is 3.50. The van der Waals surface area contributed by atoms with Crippen molar-refractivity contribution in [3.63, 3.8) is 0 Å². The van der Waals surface area contributed by atoms with Crippen molar-refractivity contribution in [2.75, 3.05) is 7.05 Å². The first-order chi connectivity index (χ1) is 9.76. The number of fused-ring (bicyclic) bond motifs is 1. The summed E-state index contributed by atoms with van der Waals surface area (Å²) in [6.07, 6.45) is 6.35. The second kappa shape index (κ2) is 6.42. The minimum absolute atomic E-state index is 0.437. The lowest BCUT2D eigenvalue weighted by Crippen LogP contribution is -2.17. The van der Waals surface area contributed by atoms with Gasteiger partial charge in [0, 0.05) is 20.3 Å². The van der Waals surface area contributed by atoms with Gasteiger partial charge < -0.3 is 5.32 Å². The molecule has 1 nitrogen and oxygen atoms in total. The molecule has 1 heterocycles. The second-order valence-electron chi connectivity index (χ2n) is 5.48. The fraction of sp³-hybridized carbons (Fsp3) is 0.412. The SMILES string of the molecule is CNC(Cc1ccc(Br)cc1)c1cc2c(s1)CCCC2. The van der Waals surface area contributed by atoms with Gasteiger partial charge in [-0.05, 0) is 68.5 Å². The van der Waals surface area contributed by atoms with Gasteiger partial charge in [-0.3, -0.25) is 0 Å². The van der Waals surface area contributed by atoms with Crippen LogP contribution in [0.25, 0.3) is 0 Å². The lowest BCUT2D eigenvalue weighted by atomic mass is 9.98. The Hall–Kier alpha value is -0.640. The highest BCUT2D eigenvalue weighted by Gasteiger charge is 2.18. The number of thiophene rings is 1. The lowest BCUT2D eigenvalue weighted by molar-refractivity contribution is 0.601. The molecule has 106 valence electrons. The van der Waals surface area contributed by atoms with Crippen LogP contribution in [0, 0.1) is 0 Å². The fourth-order valence-corrected chi connectivity index (χ4v) is 4.52. The van der Waals surface area contributed by atoms with E-state index in [0.29, 0.717) is 6.04 Å². The maximum absolute atomic E-state index is 3.50. The third-order valence-corrected chi connectivity index (χ3v) is 5.94. The minimum Gasteiger partial charge on any atom is -0.312 e. The average Bonchev–Trinajstić information content (AvgIpc) is 2.90. The number of aryl methyl sites for hydroxylation is 2. The van der Waals surface area contributed by atoms with Crippen molar-refractivity contribution in [1.29, 1.82) is 0 Å². The van der Waals surface area contributed by atoms with Gasteiger partial charge in [0.25, 0.3) is 0 Å². The number of benzene rings is 1. The predicted molar refractivity (Wildman–Crippen MR) is 90.6 cm³/mol. The van der Waals surface area contributed by atoms with Gasteiger partial charge in [0.1, 0.15) is 0 Å². The summed E-state index contributed by atoms with van der Waals surface area (Å²) >= 11 is 5.52. The Morgan fingerprint density at radius 2 is 1.95 bits per heavy atom.